The summed E-state index contributed by atoms with van der Waals surface area (Å²) >= 11 is 0. The first kappa shape index (κ1) is 15.2. The van der Waals surface area contributed by atoms with E-state index in [-0.39, 0.29) is 0 Å². The SMILES string of the molecule is Cc1noc2ncnc(NCCCN3C[C@@H](C)C[C@H](C)C3)c12. The molecule has 3 rings (SSSR count). The molecule has 6 heteroatoms. The molecule has 0 bridgehead atoms. The smallest absolute Gasteiger partial charge is 0.263 e. The monoisotopic (exact) mass is 303 g/mol. The number of anilines is 1. The Labute approximate surface area is 131 Å². The molecular formula is C16H25N5O. The molecule has 0 aromatic carbocycles. The van der Waals surface area contributed by atoms with Crippen LogP contribution in [0, 0.1) is 18.8 Å². The zero-order chi connectivity index (χ0) is 15.5. The van der Waals surface area contributed by atoms with E-state index in [0.717, 1.165) is 48.2 Å². The molecular weight excluding hydrogens is 278 g/mol. The predicted octanol–water partition coefficient (Wildman–Crippen LogP) is 2.71. The number of aryl methyl sites for hydroxylation is 1. The summed E-state index contributed by atoms with van der Waals surface area (Å²) in [5.41, 5.74) is 1.38. The first-order valence-corrected chi connectivity index (χ1v) is 8.16. The van der Waals surface area contributed by atoms with Gasteiger partial charge in [0.25, 0.3) is 5.71 Å². The van der Waals surface area contributed by atoms with Gasteiger partial charge in [0.2, 0.25) is 0 Å². The Morgan fingerprint density at radius 2 is 2.05 bits per heavy atom. The van der Waals surface area contributed by atoms with E-state index in [2.05, 4.69) is 39.2 Å². The average molecular weight is 303 g/mol. The fourth-order valence-corrected chi connectivity index (χ4v) is 3.54. The summed E-state index contributed by atoms with van der Waals surface area (Å²) in [7, 11) is 0. The van der Waals surface area contributed by atoms with E-state index < -0.39 is 0 Å². The number of nitrogens with zero attached hydrogens (tertiary/aromatic N) is 4. The molecule has 0 saturated carbocycles. The Balaban J connectivity index is 1.51. The summed E-state index contributed by atoms with van der Waals surface area (Å²) in [6.45, 7) is 11.1. The van der Waals surface area contributed by atoms with Crippen LogP contribution in [-0.2, 0) is 0 Å². The summed E-state index contributed by atoms with van der Waals surface area (Å²) in [5.74, 6) is 2.46. The van der Waals surface area contributed by atoms with Gasteiger partial charge in [0, 0.05) is 19.6 Å². The van der Waals surface area contributed by atoms with Gasteiger partial charge in [0.1, 0.15) is 17.5 Å². The predicted molar refractivity (Wildman–Crippen MR) is 86.8 cm³/mol. The van der Waals surface area contributed by atoms with Gasteiger partial charge in [0.05, 0.1) is 5.69 Å². The highest BCUT2D eigenvalue weighted by Crippen LogP contribution is 2.23. The fourth-order valence-electron chi connectivity index (χ4n) is 3.54. The van der Waals surface area contributed by atoms with Crippen molar-refractivity contribution in [1.82, 2.24) is 20.0 Å². The fraction of sp³-hybridized carbons (Fsp3) is 0.688. The van der Waals surface area contributed by atoms with Crippen LogP contribution in [0.4, 0.5) is 5.82 Å². The molecule has 6 nitrogen and oxygen atoms in total. The van der Waals surface area contributed by atoms with Crippen molar-refractivity contribution in [1.29, 1.82) is 0 Å². The molecule has 0 spiro atoms. The van der Waals surface area contributed by atoms with Gasteiger partial charge in [0.15, 0.2) is 0 Å². The molecule has 1 saturated heterocycles. The quantitative estimate of drug-likeness (QED) is 0.857. The maximum Gasteiger partial charge on any atom is 0.263 e. The second-order valence-corrected chi connectivity index (χ2v) is 6.66. The van der Waals surface area contributed by atoms with Gasteiger partial charge < -0.3 is 14.7 Å². The maximum absolute atomic E-state index is 5.17. The Morgan fingerprint density at radius 1 is 1.27 bits per heavy atom. The third-order valence-corrected chi connectivity index (χ3v) is 4.33. The molecule has 1 fully saturated rings. The number of nitrogens with one attached hydrogen (secondary N) is 1. The number of rotatable bonds is 5. The number of likely N-dealkylation sites (tertiary alicyclic amines) is 1. The van der Waals surface area contributed by atoms with Crippen LogP contribution < -0.4 is 5.32 Å². The first-order chi connectivity index (χ1) is 10.6. The van der Waals surface area contributed by atoms with E-state index in [9.17, 15) is 0 Å². The van der Waals surface area contributed by atoms with E-state index >= 15 is 0 Å². The molecule has 0 aliphatic carbocycles. The molecule has 0 amide bonds. The summed E-state index contributed by atoms with van der Waals surface area (Å²) in [5, 5.41) is 8.24. The zero-order valence-electron chi connectivity index (χ0n) is 13.7. The van der Waals surface area contributed by atoms with Gasteiger partial charge >= 0.3 is 0 Å². The van der Waals surface area contributed by atoms with Crippen molar-refractivity contribution in [2.75, 3.05) is 31.5 Å². The van der Waals surface area contributed by atoms with Crippen molar-refractivity contribution in [2.24, 2.45) is 11.8 Å². The van der Waals surface area contributed by atoms with Crippen molar-refractivity contribution < 1.29 is 4.52 Å². The second-order valence-electron chi connectivity index (χ2n) is 6.66. The lowest BCUT2D eigenvalue weighted by atomic mass is 9.92. The first-order valence-electron chi connectivity index (χ1n) is 8.16. The molecule has 1 N–H and O–H groups in total. The largest absolute Gasteiger partial charge is 0.369 e. The van der Waals surface area contributed by atoms with Crippen LogP contribution >= 0.6 is 0 Å². The van der Waals surface area contributed by atoms with Crippen LogP contribution in [0.1, 0.15) is 32.4 Å². The van der Waals surface area contributed by atoms with Gasteiger partial charge in [-0.2, -0.15) is 4.98 Å². The highest BCUT2D eigenvalue weighted by Gasteiger charge is 2.21. The third kappa shape index (κ3) is 3.38. The molecule has 22 heavy (non-hydrogen) atoms. The van der Waals surface area contributed by atoms with E-state index in [1.807, 2.05) is 6.92 Å². The maximum atomic E-state index is 5.17. The molecule has 1 aliphatic rings. The van der Waals surface area contributed by atoms with Crippen molar-refractivity contribution in [3.8, 4) is 0 Å². The minimum atomic E-state index is 0.550. The van der Waals surface area contributed by atoms with Crippen LogP contribution in [0.3, 0.4) is 0 Å². The van der Waals surface area contributed by atoms with Gasteiger partial charge in [-0.05, 0) is 38.1 Å². The molecule has 120 valence electrons. The van der Waals surface area contributed by atoms with Crippen molar-refractivity contribution in [3.05, 3.63) is 12.0 Å². The Morgan fingerprint density at radius 3 is 2.82 bits per heavy atom. The zero-order valence-corrected chi connectivity index (χ0v) is 13.7. The van der Waals surface area contributed by atoms with Gasteiger partial charge in [-0.1, -0.05) is 19.0 Å². The van der Waals surface area contributed by atoms with E-state index in [4.69, 9.17) is 4.52 Å². The summed E-state index contributed by atoms with van der Waals surface area (Å²) in [6, 6.07) is 0. The minimum absolute atomic E-state index is 0.550. The van der Waals surface area contributed by atoms with E-state index in [1.165, 1.54) is 25.8 Å². The molecule has 0 radical (unpaired) electrons. The van der Waals surface area contributed by atoms with Gasteiger partial charge in [-0.25, -0.2) is 4.98 Å². The lowest BCUT2D eigenvalue weighted by Gasteiger charge is -2.34. The Kier molecular flexibility index (Phi) is 4.57. The Bertz CT molecular complexity index is 616. The number of aromatic nitrogens is 3. The van der Waals surface area contributed by atoms with Gasteiger partial charge in [-0.15, -0.1) is 0 Å². The Hall–Kier alpha value is -1.69. The molecule has 2 aromatic heterocycles. The summed E-state index contributed by atoms with van der Waals surface area (Å²) < 4.78 is 5.17. The molecule has 1 aliphatic heterocycles. The molecule has 0 unspecified atom stereocenters. The van der Waals surface area contributed by atoms with E-state index in [1.54, 1.807) is 0 Å². The standard InChI is InChI=1S/C16H25N5O/c1-11-7-12(2)9-21(8-11)6-4-5-17-15-14-13(3)20-22-16(14)19-10-18-15/h10-12H,4-9H2,1-3H3,(H,17,18,19)/t11-,12-/m0/s1. The van der Waals surface area contributed by atoms with Crippen LogP contribution in [0.25, 0.3) is 11.1 Å². The normalized spacial score (nSPS) is 23.0. The van der Waals surface area contributed by atoms with Crippen LogP contribution in [0.5, 0.6) is 0 Å². The van der Waals surface area contributed by atoms with Crippen molar-refractivity contribution >= 4 is 16.9 Å². The topological polar surface area (TPSA) is 67.1 Å². The van der Waals surface area contributed by atoms with Crippen molar-refractivity contribution in [2.45, 2.75) is 33.6 Å². The van der Waals surface area contributed by atoms with Crippen LogP contribution in [0.2, 0.25) is 0 Å². The average Bonchev–Trinajstić information content (AvgIpc) is 2.85. The highest BCUT2D eigenvalue weighted by molar-refractivity contribution is 5.87. The summed E-state index contributed by atoms with van der Waals surface area (Å²) in [4.78, 5) is 11.0. The van der Waals surface area contributed by atoms with E-state index in [0.29, 0.717) is 5.71 Å². The minimum Gasteiger partial charge on any atom is -0.369 e. The number of fused-ring (bicyclic) bond motifs is 1. The van der Waals surface area contributed by atoms with Crippen molar-refractivity contribution in [3.63, 3.8) is 0 Å². The molecule has 2 atom stereocenters. The lowest BCUT2D eigenvalue weighted by molar-refractivity contribution is 0.141. The van der Waals surface area contributed by atoms with Crippen LogP contribution in [-0.4, -0.2) is 46.2 Å². The van der Waals surface area contributed by atoms with Gasteiger partial charge in [-0.3, -0.25) is 0 Å². The summed E-state index contributed by atoms with van der Waals surface area (Å²) in [6.07, 6.45) is 3.99. The molecule has 3 heterocycles. The third-order valence-electron chi connectivity index (χ3n) is 4.33. The highest BCUT2D eigenvalue weighted by atomic mass is 16.5. The number of piperidine rings is 1. The lowest BCUT2D eigenvalue weighted by Crippen LogP contribution is -2.39. The molecule has 2 aromatic rings. The number of hydrogen-bond acceptors (Lipinski definition) is 6. The number of hydrogen-bond donors (Lipinski definition) is 1. The van der Waals surface area contributed by atoms with Crippen LogP contribution in [0.15, 0.2) is 10.9 Å². The second kappa shape index (κ2) is 6.60.